The second-order valence-corrected chi connectivity index (χ2v) is 10.4. The number of carbonyl (C=O) groups is 4. The summed E-state index contributed by atoms with van der Waals surface area (Å²) in [6.07, 6.45) is -0.627. The number of ether oxygens (including phenoxy) is 7. The Balaban J connectivity index is 2.80. The number of benzene rings is 1. The third kappa shape index (κ3) is 16.3. The molecule has 0 spiro atoms. The van der Waals surface area contributed by atoms with Gasteiger partial charge in [-0.15, -0.1) is 0 Å². The monoisotopic (exact) mass is 583 g/mol. The van der Waals surface area contributed by atoms with Gasteiger partial charge in [0.2, 0.25) is 0 Å². The zero-order valence-electron chi connectivity index (χ0n) is 25.0. The maximum Gasteiger partial charge on any atom is 0.513 e. The molecule has 12 nitrogen and oxygen atoms in total. The molecule has 2 N–H and O–H groups in total. The van der Waals surface area contributed by atoms with Gasteiger partial charge in [-0.1, -0.05) is 47.1 Å². The zero-order valence-corrected chi connectivity index (χ0v) is 25.0. The third-order valence-electron chi connectivity index (χ3n) is 5.46. The summed E-state index contributed by atoms with van der Waals surface area (Å²) in [4.78, 5) is 48.5. The average molecular weight is 584 g/mol. The third-order valence-corrected chi connectivity index (χ3v) is 5.46. The van der Waals surface area contributed by atoms with Crippen molar-refractivity contribution in [3.63, 3.8) is 0 Å². The molecule has 0 aliphatic rings. The number of esters is 1. The lowest BCUT2D eigenvalue weighted by atomic mass is 10.1. The lowest BCUT2D eigenvalue weighted by molar-refractivity contribution is -0.148. The van der Waals surface area contributed by atoms with Crippen LogP contribution in [0.5, 0.6) is 11.5 Å². The Morgan fingerprint density at radius 1 is 0.756 bits per heavy atom. The van der Waals surface area contributed by atoms with Crippen LogP contribution in [-0.4, -0.2) is 63.0 Å². The summed E-state index contributed by atoms with van der Waals surface area (Å²) in [5, 5.41) is 0. The predicted molar refractivity (Wildman–Crippen MR) is 149 cm³/mol. The molecule has 0 fully saturated rings. The molecule has 41 heavy (non-hydrogen) atoms. The zero-order chi connectivity index (χ0) is 30.8. The molecule has 0 aromatic heterocycles. The minimum absolute atomic E-state index is 0.00496. The SMILES string of the molecule is CCCCOC(=O)O[C@@H](C)COC(=O)[C@@H](N)Cc1ccc(OC(=O)OCCC(C)C)c(OC(=O)OCCC(C)C)c1. The summed E-state index contributed by atoms with van der Waals surface area (Å²) in [7, 11) is 0. The molecular weight excluding hydrogens is 538 g/mol. The Morgan fingerprint density at radius 3 is 1.88 bits per heavy atom. The number of hydrogen-bond acceptors (Lipinski definition) is 12. The summed E-state index contributed by atoms with van der Waals surface area (Å²) in [6.45, 7) is 11.8. The quantitative estimate of drug-likeness (QED) is 0.105. The van der Waals surface area contributed by atoms with Gasteiger partial charge in [0, 0.05) is 0 Å². The van der Waals surface area contributed by atoms with E-state index >= 15 is 0 Å². The molecule has 0 unspecified atom stereocenters. The number of carbonyl (C=O) groups excluding carboxylic acids is 4. The molecule has 0 aliphatic heterocycles. The van der Waals surface area contributed by atoms with E-state index in [1.807, 2.05) is 34.6 Å². The molecule has 2 atom stereocenters. The maximum atomic E-state index is 12.4. The van der Waals surface area contributed by atoms with Gasteiger partial charge in [0.15, 0.2) is 11.5 Å². The Hall–Kier alpha value is -3.54. The first-order valence-corrected chi connectivity index (χ1v) is 14.0. The van der Waals surface area contributed by atoms with Gasteiger partial charge in [-0.05, 0) is 62.1 Å². The fourth-order valence-corrected chi connectivity index (χ4v) is 3.01. The molecule has 0 aliphatic carbocycles. The van der Waals surface area contributed by atoms with Gasteiger partial charge in [0.05, 0.1) is 19.8 Å². The number of nitrogens with two attached hydrogens (primary N) is 1. The van der Waals surface area contributed by atoms with Gasteiger partial charge in [0.1, 0.15) is 18.8 Å². The summed E-state index contributed by atoms with van der Waals surface area (Å²) in [6, 6.07) is 3.27. The Kier molecular flexibility index (Phi) is 16.9. The van der Waals surface area contributed by atoms with Crippen LogP contribution in [0.1, 0.15) is 72.8 Å². The lowest BCUT2D eigenvalue weighted by Crippen LogP contribution is -2.36. The number of hydrogen-bond donors (Lipinski definition) is 1. The van der Waals surface area contributed by atoms with Crippen LogP contribution in [0, 0.1) is 11.8 Å². The predicted octanol–water partition coefficient (Wildman–Crippen LogP) is 5.56. The van der Waals surface area contributed by atoms with Gasteiger partial charge in [-0.2, -0.15) is 0 Å². The molecule has 0 bridgehead atoms. The van der Waals surface area contributed by atoms with E-state index in [2.05, 4.69) is 0 Å². The fourth-order valence-electron chi connectivity index (χ4n) is 3.01. The Morgan fingerprint density at radius 2 is 1.32 bits per heavy atom. The second kappa shape index (κ2) is 19.5. The van der Waals surface area contributed by atoms with Crippen LogP contribution in [0.15, 0.2) is 18.2 Å². The highest BCUT2D eigenvalue weighted by molar-refractivity contribution is 5.76. The Labute approximate surface area is 242 Å². The molecule has 0 saturated carbocycles. The van der Waals surface area contributed by atoms with Crippen molar-refractivity contribution in [2.24, 2.45) is 17.6 Å². The van der Waals surface area contributed by atoms with Gasteiger partial charge in [-0.25, -0.2) is 14.4 Å². The Bertz CT molecular complexity index is 964. The first-order chi connectivity index (χ1) is 19.4. The number of unbranched alkanes of at least 4 members (excludes halogenated alkanes) is 1. The van der Waals surface area contributed by atoms with Crippen LogP contribution in [0.2, 0.25) is 0 Å². The normalized spacial score (nSPS) is 12.3. The first kappa shape index (κ1) is 35.5. The minimum atomic E-state index is -1.09. The molecule has 1 rings (SSSR count). The molecule has 232 valence electrons. The molecular formula is C29H45NO11. The van der Waals surface area contributed by atoms with Crippen LogP contribution in [0.3, 0.4) is 0 Å². The van der Waals surface area contributed by atoms with Gasteiger partial charge in [0.25, 0.3) is 0 Å². The van der Waals surface area contributed by atoms with E-state index in [0.717, 1.165) is 12.8 Å². The standard InChI is InChI=1S/C29H45NO11/c1-7-8-13-35-27(32)39-21(6)18-38-26(31)23(30)16-22-9-10-24(40-28(33)36-14-11-19(2)3)25(17-22)41-29(34)37-15-12-20(4)5/h9-10,17,19-21,23H,7-8,11-16,18,30H2,1-6H3/t21-,23-/m0/s1. The first-order valence-electron chi connectivity index (χ1n) is 14.0. The van der Waals surface area contributed by atoms with Crippen LogP contribution in [-0.2, 0) is 34.9 Å². The van der Waals surface area contributed by atoms with Crippen LogP contribution < -0.4 is 15.2 Å². The van der Waals surface area contributed by atoms with E-state index in [1.54, 1.807) is 13.0 Å². The highest BCUT2D eigenvalue weighted by atomic mass is 16.7. The van der Waals surface area contributed by atoms with Crippen LogP contribution >= 0.6 is 0 Å². The average Bonchev–Trinajstić information content (AvgIpc) is 2.88. The van der Waals surface area contributed by atoms with Gasteiger partial charge in [-0.3, -0.25) is 4.79 Å². The topological polar surface area (TPSA) is 159 Å². The smallest absolute Gasteiger partial charge is 0.461 e. The molecule has 0 radical (unpaired) electrons. The molecule has 12 heteroatoms. The summed E-state index contributed by atoms with van der Waals surface area (Å²) in [5.74, 6) is -0.259. The van der Waals surface area contributed by atoms with Crippen molar-refractivity contribution in [3.05, 3.63) is 23.8 Å². The summed E-state index contributed by atoms with van der Waals surface area (Å²) < 4.78 is 35.8. The highest BCUT2D eigenvalue weighted by Gasteiger charge is 2.21. The summed E-state index contributed by atoms with van der Waals surface area (Å²) in [5.41, 5.74) is 6.51. The van der Waals surface area contributed by atoms with Crippen molar-refractivity contribution >= 4 is 24.4 Å². The van der Waals surface area contributed by atoms with Crippen molar-refractivity contribution in [3.8, 4) is 11.5 Å². The van der Waals surface area contributed by atoms with E-state index in [1.165, 1.54) is 12.1 Å². The lowest BCUT2D eigenvalue weighted by Gasteiger charge is -2.17. The highest BCUT2D eigenvalue weighted by Crippen LogP contribution is 2.30. The maximum absolute atomic E-state index is 12.4. The second-order valence-electron chi connectivity index (χ2n) is 10.4. The van der Waals surface area contributed by atoms with Gasteiger partial charge < -0.3 is 38.9 Å². The molecule has 0 amide bonds. The van der Waals surface area contributed by atoms with Crippen molar-refractivity contribution in [2.75, 3.05) is 26.4 Å². The van der Waals surface area contributed by atoms with Crippen molar-refractivity contribution in [1.82, 2.24) is 0 Å². The van der Waals surface area contributed by atoms with Crippen LogP contribution in [0.25, 0.3) is 0 Å². The van der Waals surface area contributed by atoms with Crippen molar-refractivity contribution < 1.29 is 52.3 Å². The number of rotatable bonds is 17. The van der Waals surface area contributed by atoms with E-state index < -0.39 is 36.6 Å². The van der Waals surface area contributed by atoms with Crippen molar-refractivity contribution in [2.45, 2.75) is 85.8 Å². The van der Waals surface area contributed by atoms with E-state index in [0.29, 0.717) is 30.2 Å². The molecule has 0 heterocycles. The minimum Gasteiger partial charge on any atom is -0.461 e. The van der Waals surface area contributed by atoms with E-state index in [9.17, 15) is 19.2 Å². The fraction of sp³-hybridized carbons (Fsp3) is 0.655. The largest absolute Gasteiger partial charge is 0.513 e. The van der Waals surface area contributed by atoms with Crippen molar-refractivity contribution in [1.29, 1.82) is 0 Å². The molecule has 1 aromatic carbocycles. The molecule has 1 aromatic rings. The van der Waals surface area contributed by atoms with Gasteiger partial charge >= 0.3 is 24.4 Å². The summed E-state index contributed by atoms with van der Waals surface area (Å²) >= 11 is 0. The molecule has 0 saturated heterocycles. The van der Waals surface area contributed by atoms with E-state index in [4.69, 9.17) is 38.9 Å². The van der Waals surface area contributed by atoms with Crippen LogP contribution in [0.4, 0.5) is 14.4 Å². The van der Waals surface area contributed by atoms with E-state index in [-0.39, 0.29) is 44.3 Å².